The van der Waals surface area contributed by atoms with Gasteiger partial charge in [0, 0.05) is 0 Å². The molecule has 1 atom stereocenters. The second kappa shape index (κ2) is 6.76. The van der Waals surface area contributed by atoms with Crippen molar-refractivity contribution in [3.8, 4) is 0 Å². The standard InChI is InChI=1S/C17H19N3O2/c1-11-8-9-14(18)15(10-11)20-17(22)16(21)19-12(2)13-6-4-3-5-7-13/h3-10,12H,18H2,1-2H3,(H,19,21)(H,20,22). The minimum atomic E-state index is -0.736. The molecule has 0 aromatic heterocycles. The number of nitrogens with two attached hydrogens (primary N) is 1. The van der Waals surface area contributed by atoms with Crippen molar-refractivity contribution in [2.75, 3.05) is 11.1 Å². The van der Waals surface area contributed by atoms with Crippen LogP contribution < -0.4 is 16.4 Å². The number of carbonyl (C=O) groups excluding carboxylic acids is 2. The second-order valence-electron chi connectivity index (χ2n) is 5.15. The Balaban J connectivity index is 2.01. The van der Waals surface area contributed by atoms with Crippen LogP contribution in [0.3, 0.4) is 0 Å². The monoisotopic (exact) mass is 297 g/mol. The maximum absolute atomic E-state index is 12.0. The van der Waals surface area contributed by atoms with Gasteiger partial charge in [0.25, 0.3) is 0 Å². The second-order valence-corrected chi connectivity index (χ2v) is 5.15. The Morgan fingerprint density at radius 2 is 1.73 bits per heavy atom. The summed E-state index contributed by atoms with van der Waals surface area (Å²) < 4.78 is 0. The summed E-state index contributed by atoms with van der Waals surface area (Å²) in [6.07, 6.45) is 0. The SMILES string of the molecule is Cc1ccc(N)c(NC(=O)C(=O)NC(C)c2ccccc2)c1. The molecule has 0 radical (unpaired) electrons. The van der Waals surface area contributed by atoms with E-state index in [1.54, 1.807) is 12.1 Å². The van der Waals surface area contributed by atoms with Crippen molar-refractivity contribution >= 4 is 23.2 Å². The summed E-state index contributed by atoms with van der Waals surface area (Å²) in [7, 11) is 0. The van der Waals surface area contributed by atoms with Gasteiger partial charge in [-0.1, -0.05) is 36.4 Å². The first-order valence-electron chi connectivity index (χ1n) is 7.00. The van der Waals surface area contributed by atoms with Crippen molar-refractivity contribution < 1.29 is 9.59 Å². The van der Waals surface area contributed by atoms with E-state index < -0.39 is 11.8 Å². The molecule has 2 aromatic rings. The molecule has 0 aliphatic carbocycles. The van der Waals surface area contributed by atoms with Gasteiger partial charge in [-0.2, -0.15) is 0 Å². The number of hydrogen-bond acceptors (Lipinski definition) is 3. The average molecular weight is 297 g/mol. The van der Waals surface area contributed by atoms with E-state index >= 15 is 0 Å². The number of rotatable bonds is 3. The first-order chi connectivity index (χ1) is 10.5. The lowest BCUT2D eigenvalue weighted by Crippen LogP contribution is -2.37. The summed E-state index contributed by atoms with van der Waals surface area (Å²) in [5, 5.41) is 5.19. The fourth-order valence-corrected chi connectivity index (χ4v) is 2.04. The van der Waals surface area contributed by atoms with Gasteiger partial charge >= 0.3 is 11.8 Å². The van der Waals surface area contributed by atoms with E-state index in [0.29, 0.717) is 11.4 Å². The minimum Gasteiger partial charge on any atom is -0.397 e. The minimum absolute atomic E-state index is 0.255. The van der Waals surface area contributed by atoms with Crippen molar-refractivity contribution in [1.29, 1.82) is 0 Å². The number of anilines is 2. The Morgan fingerprint density at radius 3 is 2.41 bits per heavy atom. The van der Waals surface area contributed by atoms with Crippen LogP contribution in [0.25, 0.3) is 0 Å². The Labute approximate surface area is 129 Å². The highest BCUT2D eigenvalue weighted by molar-refractivity contribution is 6.40. The maximum Gasteiger partial charge on any atom is 0.313 e. The van der Waals surface area contributed by atoms with Gasteiger partial charge in [0.05, 0.1) is 17.4 Å². The molecule has 2 rings (SSSR count). The predicted octanol–water partition coefficient (Wildman–Crippen LogP) is 2.39. The zero-order valence-corrected chi connectivity index (χ0v) is 12.6. The highest BCUT2D eigenvalue weighted by Crippen LogP contribution is 2.19. The first kappa shape index (κ1) is 15.6. The molecule has 1 unspecified atom stereocenters. The third-order valence-corrected chi connectivity index (χ3v) is 3.31. The smallest absolute Gasteiger partial charge is 0.313 e. The molecular formula is C17H19N3O2. The average Bonchev–Trinajstić information content (AvgIpc) is 2.51. The van der Waals surface area contributed by atoms with E-state index in [9.17, 15) is 9.59 Å². The van der Waals surface area contributed by atoms with E-state index in [0.717, 1.165) is 11.1 Å². The molecule has 114 valence electrons. The molecule has 0 saturated heterocycles. The third kappa shape index (κ3) is 3.85. The first-order valence-corrected chi connectivity index (χ1v) is 7.00. The van der Waals surface area contributed by atoms with Crippen molar-refractivity contribution in [1.82, 2.24) is 5.32 Å². The lowest BCUT2D eigenvalue weighted by Gasteiger charge is -2.14. The van der Waals surface area contributed by atoms with Crippen molar-refractivity contribution in [3.63, 3.8) is 0 Å². The van der Waals surface area contributed by atoms with Crippen LogP contribution in [0.15, 0.2) is 48.5 Å². The van der Waals surface area contributed by atoms with E-state index in [4.69, 9.17) is 5.73 Å². The number of hydrogen-bond donors (Lipinski definition) is 3. The molecular weight excluding hydrogens is 278 g/mol. The topological polar surface area (TPSA) is 84.2 Å². The van der Waals surface area contributed by atoms with E-state index in [1.165, 1.54) is 0 Å². The van der Waals surface area contributed by atoms with Crippen molar-refractivity contribution in [2.45, 2.75) is 19.9 Å². The summed E-state index contributed by atoms with van der Waals surface area (Å²) in [5.74, 6) is -1.43. The summed E-state index contributed by atoms with van der Waals surface area (Å²) in [6, 6.07) is 14.4. The molecule has 0 spiro atoms. The van der Waals surface area contributed by atoms with Crippen LogP contribution in [0, 0.1) is 6.92 Å². The zero-order valence-electron chi connectivity index (χ0n) is 12.6. The van der Waals surface area contributed by atoms with Gasteiger partial charge < -0.3 is 16.4 Å². The molecule has 0 saturated carbocycles. The van der Waals surface area contributed by atoms with Crippen LogP contribution in [0.2, 0.25) is 0 Å². The molecule has 5 nitrogen and oxygen atoms in total. The van der Waals surface area contributed by atoms with Crippen LogP contribution in [-0.4, -0.2) is 11.8 Å². The Bertz CT molecular complexity index is 684. The fourth-order valence-electron chi connectivity index (χ4n) is 2.04. The Morgan fingerprint density at radius 1 is 1.05 bits per heavy atom. The van der Waals surface area contributed by atoms with Gasteiger partial charge in [0.1, 0.15) is 0 Å². The number of amides is 2. The summed E-state index contributed by atoms with van der Waals surface area (Å²) in [6.45, 7) is 3.70. The molecule has 0 fully saturated rings. The molecule has 0 aliphatic heterocycles. The van der Waals surface area contributed by atoms with Crippen LogP contribution in [0.1, 0.15) is 24.1 Å². The fraction of sp³-hybridized carbons (Fsp3) is 0.176. The van der Waals surface area contributed by atoms with Crippen LogP contribution in [0.5, 0.6) is 0 Å². The molecule has 2 aromatic carbocycles. The van der Waals surface area contributed by atoms with Gasteiger partial charge in [0.15, 0.2) is 0 Å². The number of nitrogens with one attached hydrogen (secondary N) is 2. The van der Waals surface area contributed by atoms with Gasteiger partial charge in [-0.25, -0.2) is 0 Å². The number of aryl methyl sites for hydroxylation is 1. The zero-order chi connectivity index (χ0) is 16.1. The summed E-state index contributed by atoms with van der Waals surface area (Å²) in [4.78, 5) is 23.9. The van der Waals surface area contributed by atoms with E-state index in [1.807, 2.05) is 50.2 Å². The quantitative estimate of drug-likeness (QED) is 0.601. The maximum atomic E-state index is 12.0. The molecule has 0 aliphatic rings. The molecule has 5 heteroatoms. The summed E-state index contributed by atoms with van der Waals surface area (Å²) in [5.41, 5.74) is 8.52. The number of nitrogen functional groups attached to an aromatic ring is 1. The largest absolute Gasteiger partial charge is 0.397 e. The summed E-state index contributed by atoms with van der Waals surface area (Å²) >= 11 is 0. The third-order valence-electron chi connectivity index (χ3n) is 3.31. The molecule has 4 N–H and O–H groups in total. The van der Waals surface area contributed by atoms with Crippen LogP contribution >= 0.6 is 0 Å². The molecule has 0 bridgehead atoms. The lowest BCUT2D eigenvalue weighted by molar-refractivity contribution is -0.136. The Hall–Kier alpha value is -2.82. The normalized spacial score (nSPS) is 11.5. The highest BCUT2D eigenvalue weighted by Gasteiger charge is 2.17. The van der Waals surface area contributed by atoms with Gasteiger partial charge in [-0.05, 0) is 37.1 Å². The highest BCUT2D eigenvalue weighted by atomic mass is 16.2. The van der Waals surface area contributed by atoms with Crippen molar-refractivity contribution in [2.24, 2.45) is 0 Å². The van der Waals surface area contributed by atoms with Gasteiger partial charge in [-0.3, -0.25) is 9.59 Å². The van der Waals surface area contributed by atoms with Gasteiger partial charge in [-0.15, -0.1) is 0 Å². The van der Waals surface area contributed by atoms with Crippen LogP contribution in [0.4, 0.5) is 11.4 Å². The van der Waals surface area contributed by atoms with E-state index in [-0.39, 0.29) is 6.04 Å². The van der Waals surface area contributed by atoms with Gasteiger partial charge in [0.2, 0.25) is 0 Å². The predicted molar refractivity (Wildman–Crippen MR) is 87.2 cm³/mol. The van der Waals surface area contributed by atoms with Crippen LogP contribution in [-0.2, 0) is 9.59 Å². The number of benzene rings is 2. The molecule has 2 amide bonds. The molecule has 0 heterocycles. The lowest BCUT2D eigenvalue weighted by atomic mass is 10.1. The van der Waals surface area contributed by atoms with E-state index in [2.05, 4.69) is 10.6 Å². The molecule has 22 heavy (non-hydrogen) atoms. The van der Waals surface area contributed by atoms with Crippen molar-refractivity contribution in [3.05, 3.63) is 59.7 Å². The Kier molecular flexibility index (Phi) is 4.78. The number of carbonyl (C=O) groups is 2.